The van der Waals surface area contributed by atoms with Crippen molar-refractivity contribution in [2.75, 3.05) is 38.4 Å². The van der Waals surface area contributed by atoms with Gasteiger partial charge in [0, 0.05) is 37.7 Å². The molecule has 1 aliphatic rings. The number of urea groups is 1. The fourth-order valence-electron chi connectivity index (χ4n) is 2.62. The molecule has 1 aromatic rings. The molecule has 1 unspecified atom stereocenters. The molecule has 0 saturated carbocycles. The van der Waals surface area contributed by atoms with E-state index in [1.54, 1.807) is 11.0 Å². The third kappa shape index (κ3) is 5.34. The monoisotopic (exact) mass is 370 g/mol. The molecule has 25 heavy (non-hydrogen) atoms. The molecule has 0 spiro atoms. The number of ether oxygens (including phenoxy) is 2. The number of amides is 2. The summed E-state index contributed by atoms with van der Waals surface area (Å²) in [5.74, 6) is 0.680. The van der Waals surface area contributed by atoms with Crippen molar-refractivity contribution in [1.29, 1.82) is 0 Å². The number of carbonyl (C=O) groups excluding carboxylic acids is 1. The Labute approximate surface area is 149 Å². The minimum absolute atomic E-state index is 0.00913. The first-order chi connectivity index (χ1) is 11.7. The van der Waals surface area contributed by atoms with E-state index >= 15 is 0 Å². The zero-order valence-corrected chi connectivity index (χ0v) is 15.9. The molecule has 140 valence electrons. The van der Waals surface area contributed by atoms with Gasteiger partial charge >= 0.3 is 6.03 Å². The summed E-state index contributed by atoms with van der Waals surface area (Å²) in [6.45, 7) is 5.85. The van der Waals surface area contributed by atoms with Gasteiger partial charge in [0.05, 0.1) is 18.1 Å². The van der Waals surface area contributed by atoms with Gasteiger partial charge in [0.1, 0.15) is 5.75 Å². The number of hydrogen-bond acceptors (Lipinski definition) is 5. The number of sulfone groups is 1. The maximum Gasteiger partial charge on any atom is 0.321 e. The normalized spacial score (nSPS) is 18.8. The van der Waals surface area contributed by atoms with E-state index in [-0.39, 0.29) is 17.0 Å². The average molecular weight is 370 g/mol. The summed E-state index contributed by atoms with van der Waals surface area (Å²) in [6.07, 6.45) is 1.88. The zero-order chi connectivity index (χ0) is 18.6. The molecular weight excluding hydrogens is 344 g/mol. The minimum atomic E-state index is -3.41. The van der Waals surface area contributed by atoms with E-state index in [2.05, 4.69) is 19.2 Å². The molecule has 0 bridgehead atoms. The quantitative estimate of drug-likeness (QED) is 0.879. The molecule has 1 aromatic carbocycles. The van der Waals surface area contributed by atoms with Gasteiger partial charge in [-0.1, -0.05) is 13.8 Å². The Bertz CT molecular complexity index is 718. The van der Waals surface area contributed by atoms with Crippen molar-refractivity contribution in [2.45, 2.75) is 31.3 Å². The number of benzene rings is 1. The predicted octanol–water partition coefficient (Wildman–Crippen LogP) is 2.38. The smallest absolute Gasteiger partial charge is 0.321 e. The molecule has 1 atom stereocenters. The zero-order valence-electron chi connectivity index (χ0n) is 15.1. The van der Waals surface area contributed by atoms with E-state index in [0.717, 1.165) is 12.7 Å². The van der Waals surface area contributed by atoms with Crippen molar-refractivity contribution in [2.24, 2.45) is 5.92 Å². The number of carbonyl (C=O) groups is 1. The van der Waals surface area contributed by atoms with E-state index in [4.69, 9.17) is 9.47 Å². The molecule has 1 heterocycles. The third-order valence-electron chi connectivity index (χ3n) is 4.13. The highest BCUT2D eigenvalue weighted by atomic mass is 32.2. The number of methoxy groups -OCH3 is 1. The molecular formula is C17H26N2O5S. The van der Waals surface area contributed by atoms with Crippen molar-refractivity contribution < 1.29 is 22.7 Å². The fraction of sp³-hybridized carbons (Fsp3) is 0.588. The fourth-order valence-corrected chi connectivity index (χ4v) is 3.29. The number of hydrogen-bond donors (Lipinski definition) is 1. The van der Waals surface area contributed by atoms with Crippen LogP contribution in [0.15, 0.2) is 23.1 Å². The van der Waals surface area contributed by atoms with Gasteiger partial charge in [-0.15, -0.1) is 0 Å². The Morgan fingerprint density at radius 3 is 2.68 bits per heavy atom. The molecule has 2 rings (SSSR count). The second-order valence-electron chi connectivity index (χ2n) is 6.55. The Balaban J connectivity index is 2.19. The van der Waals surface area contributed by atoms with Gasteiger partial charge in [-0.2, -0.15) is 0 Å². The van der Waals surface area contributed by atoms with Crippen molar-refractivity contribution in [3.63, 3.8) is 0 Å². The van der Waals surface area contributed by atoms with Crippen LogP contribution in [-0.2, 0) is 14.6 Å². The lowest BCUT2D eigenvalue weighted by Gasteiger charge is -2.26. The lowest BCUT2D eigenvalue weighted by molar-refractivity contribution is 0.0273. The topological polar surface area (TPSA) is 84.9 Å². The predicted molar refractivity (Wildman–Crippen MR) is 95.9 cm³/mol. The lowest BCUT2D eigenvalue weighted by Crippen LogP contribution is -2.41. The largest absolute Gasteiger partial charge is 0.497 e. The van der Waals surface area contributed by atoms with Crippen LogP contribution in [0.4, 0.5) is 10.5 Å². The van der Waals surface area contributed by atoms with Gasteiger partial charge in [-0.25, -0.2) is 13.2 Å². The van der Waals surface area contributed by atoms with E-state index in [9.17, 15) is 13.2 Å². The van der Waals surface area contributed by atoms with Crippen LogP contribution in [0.3, 0.4) is 0 Å². The highest BCUT2D eigenvalue weighted by Gasteiger charge is 2.25. The van der Waals surface area contributed by atoms with Crippen LogP contribution in [0.1, 0.15) is 20.3 Å². The second-order valence-corrected chi connectivity index (χ2v) is 8.57. The maximum atomic E-state index is 12.6. The van der Waals surface area contributed by atoms with Gasteiger partial charge in [0.25, 0.3) is 0 Å². The van der Waals surface area contributed by atoms with Crippen LogP contribution in [0.2, 0.25) is 0 Å². The van der Waals surface area contributed by atoms with Crippen LogP contribution >= 0.6 is 0 Å². The lowest BCUT2D eigenvalue weighted by atomic mass is 10.1. The van der Waals surface area contributed by atoms with Crippen molar-refractivity contribution in [1.82, 2.24) is 4.90 Å². The summed E-state index contributed by atoms with van der Waals surface area (Å²) >= 11 is 0. The number of nitrogens with one attached hydrogen (secondary N) is 1. The molecule has 0 radical (unpaired) electrons. The van der Waals surface area contributed by atoms with Gasteiger partial charge < -0.3 is 19.7 Å². The first-order valence-corrected chi connectivity index (χ1v) is 10.2. The molecule has 1 saturated heterocycles. The Morgan fingerprint density at radius 1 is 1.36 bits per heavy atom. The molecule has 8 heteroatoms. The Morgan fingerprint density at radius 2 is 2.08 bits per heavy atom. The Hall–Kier alpha value is -1.80. The Kier molecular flexibility index (Phi) is 6.29. The summed E-state index contributed by atoms with van der Waals surface area (Å²) in [5.41, 5.74) is 0.385. The maximum absolute atomic E-state index is 12.6. The van der Waals surface area contributed by atoms with Crippen LogP contribution in [0.25, 0.3) is 0 Å². The van der Waals surface area contributed by atoms with E-state index in [1.807, 2.05) is 0 Å². The summed E-state index contributed by atoms with van der Waals surface area (Å²) in [4.78, 5) is 14.4. The molecule has 7 nitrogen and oxygen atoms in total. The van der Waals surface area contributed by atoms with Crippen LogP contribution in [0, 0.1) is 5.92 Å². The third-order valence-corrected chi connectivity index (χ3v) is 5.22. The minimum Gasteiger partial charge on any atom is -0.497 e. The molecule has 2 amide bonds. The standard InChI is InChI=1S/C17H26N2O5S/c1-12(2)16-11-19(6-5-7-24-16)17(20)18-13-8-14(23-3)10-15(9-13)25(4,21)22/h8-10,12,16H,5-7,11H2,1-4H3,(H,18,20). The number of anilines is 1. The van der Waals surface area contributed by atoms with Gasteiger partial charge in [-0.3, -0.25) is 0 Å². The second kappa shape index (κ2) is 8.05. The molecule has 1 N–H and O–H groups in total. The van der Waals surface area contributed by atoms with E-state index in [1.165, 1.54) is 19.2 Å². The van der Waals surface area contributed by atoms with Crippen molar-refractivity contribution in [3.05, 3.63) is 18.2 Å². The van der Waals surface area contributed by atoms with E-state index < -0.39 is 9.84 Å². The SMILES string of the molecule is COc1cc(NC(=O)N2CCCOC(C(C)C)C2)cc(S(C)(=O)=O)c1. The molecule has 1 fully saturated rings. The van der Waals surface area contributed by atoms with Gasteiger partial charge in [0.15, 0.2) is 9.84 Å². The van der Waals surface area contributed by atoms with Crippen molar-refractivity contribution in [3.8, 4) is 5.75 Å². The summed E-state index contributed by atoms with van der Waals surface area (Å²) in [6, 6.07) is 4.19. The summed E-state index contributed by atoms with van der Waals surface area (Å²) < 4.78 is 34.5. The number of nitrogens with zero attached hydrogens (tertiary/aromatic N) is 1. The molecule has 0 aromatic heterocycles. The first kappa shape index (κ1) is 19.5. The highest BCUT2D eigenvalue weighted by molar-refractivity contribution is 7.90. The number of rotatable bonds is 4. The summed E-state index contributed by atoms with van der Waals surface area (Å²) in [7, 11) is -1.96. The van der Waals surface area contributed by atoms with Gasteiger partial charge in [0.2, 0.25) is 0 Å². The van der Waals surface area contributed by atoms with Crippen LogP contribution < -0.4 is 10.1 Å². The molecule has 0 aliphatic carbocycles. The first-order valence-electron chi connectivity index (χ1n) is 8.27. The van der Waals surface area contributed by atoms with Gasteiger partial charge in [-0.05, 0) is 24.5 Å². The molecule has 1 aliphatic heterocycles. The average Bonchev–Trinajstić information content (AvgIpc) is 2.80. The highest BCUT2D eigenvalue weighted by Crippen LogP contribution is 2.24. The summed E-state index contributed by atoms with van der Waals surface area (Å²) in [5, 5.41) is 2.77. The van der Waals surface area contributed by atoms with Crippen molar-refractivity contribution >= 4 is 21.6 Å². The van der Waals surface area contributed by atoms with E-state index in [0.29, 0.717) is 37.1 Å². The van der Waals surface area contributed by atoms with Crippen LogP contribution in [-0.4, -0.2) is 58.5 Å². The van der Waals surface area contributed by atoms with Crippen LogP contribution in [0.5, 0.6) is 5.75 Å².